The number of anilines is 2. The van der Waals surface area contributed by atoms with Crippen molar-refractivity contribution in [2.24, 2.45) is 0 Å². The Kier molecular flexibility index (Phi) is 10.3. The van der Waals surface area contributed by atoms with E-state index in [1.807, 2.05) is 79.0 Å². The summed E-state index contributed by atoms with van der Waals surface area (Å²) in [4.78, 5) is 45.2. The summed E-state index contributed by atoms with van der Waals surface area (Å²) in [6, 6.07) is 37.0. The normalized spacial score (nSPS) is 11.9. The maximum absolute atomic E-state index is 13.7. The van der Waals surface area contributed by atoms with Crippen LogP contribution in [0.3, 0.4) is 0 Å². The van der Waals surface area contributed by atoms with Crippen LogP contribution >= 0.6 is 34.7 Å². The zero-order valence-corrected chi connectivity index (χ0v) is 28.0. The summed E-state index contributed by atoms with van der Waals surface area (Å²) in [5, 5.41) is 13.2. The Morgan fingerprint density at radius 3 is 2.38 bits per heavy atom. The number of fused-ring (bicyclic) bond motifs is 1. The summed E-state index contributed by atoms with van der Waals surface area (Å²) in [6.45, 7) is 1.81. The molecule has 10 heteroatoms. The first kappa shape index (κ1) is 32.7. The molecule has 6 rings (SSSR count). The van der Waals surface area contributed by atoms with E-state index in [1.54, 1.807) is 60.7 Å². The van der Waals surface area contributed by atoms with Crippen LogP contribution in [0.5, 0.6) is 0 Å². The van der Waals surface area contributed by atoms with Gasteiger partial charge in [-0.3, -0.25) is 14.4 Å². The Balaban J connectivity index is 1.16. The van der Waals surface area contributed by atoms with E-state index >= 15 is 0 Å². The molecule has 0 saturated heterocycles. The van der Waals surface area contributed by atoms with Gasteiger partial charge >= 0.3 is 0 Å². The molecule has 1 aromatic heterocycles. The van der Waals surface area contributed by atoms with Crippen LogP contribution in [0.15, 0.2) is 137 Å². The van der Waals surface area contributed by atoms with Gasteiger partial charge in [0.25, 0.3) is 11.8 Å². The van der Waals surface area contributed by atoms with Crippen molar-refractivity contribution in [3.63, 3.8) is 0 Å². The standard InChI is InChI=1S/C38H29ClN4O3S2/c1-24(35(44)43-38-42-34(23-47-38)26-17-19-29(39)20-18-26)48-31-15-8-14-30(22-31)40-37(46)33(41-36(45)27-10-3-2-4-11-27)21-28-13-7-12-25-9-5-6-16-32(25)28/h2-24H,1H3,(H,40,46)(H,41,45)(H,42,43,44)/b33-21+. The third-order valence-corrected chi connectivity index (χ3v) is 9.40. The number of hydrogen-bond acceptors (Lipinski definition) is 6. The van der Waals surface area contributed by atoms with Crippen LogP contribution in [-0.4, -0.2) is 28.0 Å². The van der Waals surface area contributed by atoms with Crippen LogP contribution < -0.4 is 16.0 Å². The van der Waals surface area contributed by atoms with Gasteiger partial charge in [-0.05, 0) is 71.8 Å². The van der Waals surface area contributed by atoms with Gasteiger partial charge in [0.2, 0.25) is 5.91 Å². The van der Waals surface area contributed by atoms with Crippen molar-refractivity contribution in [1.29, 1.82) is 0 Å². The lowest BCUT2D eigenvalue weighted by atomic mass is 10.0. The lowest BCUT2D eigenvalue weighted by Gasteiger charge is -2.14. The molecule has 0 aliphatic rings. The lowest BCUT2D eigenvalue weighted by molar-refractivity contribution is -0.115. The molecule has 0 aliphatic heterocycles. The van der Waals surface area contributed by atoms with E-state index in [2.05, 4.69) is 20.9 Å². The highest BCUT2D eigenvalue weighted by Gasteiger charge is 2.19. The summed E-state index contributed by atoms with van der Waals surface area (Å²) in [5.74, 6) is -1.09. The Morgan fingerprint density at radius 2 is 1.56 bits per heavy atom. The zero-order valence-electron chi connectivity index (χ0n) is 25.6. The molecule has 3 N–H and O–H groups in total. The number of rotatable bonds is 10. The number of carbonyl (C=O) groups is 3. The van der Waals surface area contributed by atoms with Crippen molar-refractivity contribution in [2.45, 2.75) is 17.1 Å². The fourth-order valence-corrected chi connectivity index (χ4v) is 6.64. The molecule has 0 saturated carbocycles. The first-order chi connectivity index (χ1) is 23.3. The highest BCUT2D eigenvalue weighted by atomic mass is 35.5. The molecule has 0 aliphatic carbocycles. The molecule has 0 fully saturated rings. The number of nitrogens with one attached hydrogen (secondary N) is 3. The van der Waals surface area contributed by atoms with Gasteiger partial charge in [0.15, 0.2) is 5.13 Å². The summed E-state index contributed by atoms with van der Waals surface area (Å²) in [7, 11) is 0. The second-order valence-electron chi connectivity index (χ2n) is 10.7. The molecule has 1 atom stereocenters. The minimum atomic E-state index is -0.486. The third kappa shape index (κ3) is 8.19. The molecule has 7 nitrogen and oxygen atoms in total. The van der Waals surface area contributed by atoms with Crippen molar-refractivity contribution in [3.05, 3.63) is 149 Å². The van der Waals surface area contributed by atoms with Gasteiger partial charge < -0.3 is 16.0 Å². The van der Waals surface area contributed by atoms with Crippen LogP contribution in [0, 0.1) is 0 Å². The minimum absolute atomic E-state index is 0.0902. The molecular formula is C38H29ClN4O3S2. The van der Waals surface area contributed by atoms with Crippen LogP contribution in [-0.2, 0) is 9.59 Å². The molecule has 1 unspecified atom stereocenters. The molecule has 5 aromatic carbocycles. The predicted octanol–water partition coefficient (Wildman–Crippen LogP) is 9.15. The average molecular weight is 689 g/mol. The lowest BCUT2D eigenvalue weighted by Crippen LogP contribution is -2.30. The summed E-state index contributed by atoms with van der Waals surface area (Å²) < 4.78 is 0. The largest absolute Gasteiger partial charge is 0.321 e. The summed E-state index contributed by atoms with van der Waals surface area (Å²) in [6.07, 6.45) is 1.68. The van der Waals surface area contributed by atoms with Gasteiger partial charge in [-0.15, -0.1) is 23.1 Å². The van der Waals surface area contributed by atoms with Crippen LogP contribution in [0.1, 0.15) is 22.8 Å². The minimum Gasteiger partial charge on any atom is -0.321 e. The summed E-state index contributed by atoms with van der Waals surface area (Å²) in [5.41, 5.74) is 3.49. The Labute approximate surface area is 291 Å². The second-order valence-corrected chi connectivity index (χ2v) is 13.4. The fraction of sp³-hybridized carbons (Fsp3) is 0.0526. The van der Waals surface area contributed by atoms with E-state index in [1.165, 1.54) is 23.1 Å². The van der Waals surface area contributed by atoms with Gasteiger partial charge in [-0.2, -0.15) is 0 Å². The molecule has 0 spiro atoms. The average Bonchev–Trinajstić information content (AvgIpc) is 3.57. The number of carbonyl (C=O) groups excluding carboxylic acids is 3. The quantitative estimate of drug-likeness (QED) is 0.0985. The number of benzene rings is 5. The van der Waals surface area contributed by atoms with Crippen LogP contribution in [0.25, 0.3) is 28.1 Å². The Morgan fingerprint density at radius 1 is 0.833 bits per heavy atom. The number of thiazole rings is 1. The van der Waals surface area contributed by atoms with E-state index in [-0.39, 0.29) is 11.6 Å². The molecule has 0 bridgehead atoms. The topological polar surface area (TPSA) is 100 Å². The predicted molar refractivity (Wildman–Crippen MR) is 197 cm³/mol. The second kappa shape index (κ2) is 15.1. The van der Waals surface area contributed by atoms with Gasteiger partial charge in [0.1, 0.15) is 5.70 Å². The van der Waals surface area contributed by atoms with Gasteiger partial charge in [0.05, 0.1) is 10.9 Å². The molecular weight excluding hydrogens is 660 g/mol. The summed E-state index contributed by atoms with van der Waals surface area (Å²) >= 11 is 8.69. The van der Waals surface area contributed by atoms with Crippen LogP contribution in [0.2, 0.25) is 5.02 Å². The first-order valence-electron chi connectivity index (χ1n) is 15.0. The molecule has 48 heavy (non-hydrogen) atoms. The maximum Gasteiger partial charge on any atom is 0.272 e. The fourth-order valence-electron chi connectivity index (χ4n) is 4.87. The number of nitrogens with zero attached hydrogens (tertiary/aromatic N) is 1. The first-order valence-corrected chi connectivity index (χ1v) is 17.1. The molecule has 0 radical (unpaired) electrons. The highest BCUT2D eigenvalue weighted by Crippen LogP contribution is 2.29. The van der Waals surface area contributed by atoms with Crippen molar-refractivity contribution in [3.8, 4) is 11.3 Å². The number of thioether (sulfide) groups is 1. The molecule has 3 amide bonds. The Hall–Kier alpha value is -5.22. The number of aromatic nitrogens is 1. The smallest absolute Gasteiger partial charge is 0.272 e. The molecule has 6 aromatic rings. The van der Waals surface area contributed by atoms with E-state index in [9.17, 15) is 14.4 Å². The van der Waals surface area contributed by atoms with Crippen molar-refractivity contribution >= 4 is 80.1 Å². The SMILES string of the molecule is CC(Sc1cccc(NC(=O)/C(=C\c2cccc3ccccc23)NC(=O)c2ccccc2)c1)C(=O)Nc1nc(-c2ccc(Cl)cc2)cs1. The molecule has 238 valence electrons. The van der Waals surface area contributed by atoms with E-state index in [4.69, 9.17) is 11.6 Å². The van der Waals surface area contributed by atoms with Crippen LogP contribution in [0.4, 0.5) is 10.8 Å². The zero-order chi connectivity index (χ0) is 33.5. The van der Waals surface area contributed by atoms with E-state index in [0.29, 0.717) is 21.4 Å². The van der Waals surface area contributed by atoms with E-state index in [0.717, 1.165) is 32.5 Å². The monoisotopic (exact) mass is 688 g/mol. The van der Waals surface area contributed by atoms with E-state index < -0.39 is 17.1 Å². The van der Waals surface area contributed by atoms with Gasteiger partial charge in [-0.1, -0.05) is 90.5 Å². The van der Waals surface area contributed by atoms with Crippen molar-refractivity contribution in [2.75, 3.05) is 10.6 Å². The maximum atomic E-state index is 13.7. The highest BCUT2D eigenvalue weighted by molar-refractivity contribution is 8.00. The van der Waals surface area contributed by atoms with Crippen molar-refractivity contribution < 1.29 is 14.4 Å². The molecule has 1 heterocycles. The van der Waals surface area contributed by atoms with Crippen molar-refractivity contribution in [1.82, 2.24) is 10.3 Å². The third-order valence-electron chi connectivity index (χ3n) is 7.30. The van der Waals surface area contributed by atoms with Gasteiger partial charge in [0, 0.05) is 32.1 Å². The number of halogens is 1. The number of hydrogen-bond donors (Lipinski definition) is 3. The van der Waals surface area contributed by atoms with Gasteiger partial charge in [-0.25, -0.2) is 4.98 Å². The number of amides is 3. The Bertz CT molecular complexity index is 2130.